The minimum absolute atomic E-state index is 0.0143. The first-order valence-electron chi connectivity index (χ1n) is 6.77. The molecule has 0 saturated carbocycles. The van der Waals surface area contributed by atoms with Crippen molar-refractivity contribution in [1.29, 1.82) is 0 Å². The zero-order valence-corrected chi connectivity index (χ0v) is 12.4. The third-order valence-corrected chi connectivity index (χ3v) is 3.42. The van der Waals surface area contributed by atoms with Gasteiger partial charge in [-0.25, -0.2) is 0 Å². The number of carbonyl (C=O) groups excluding carboxylic acids is 1. The van der Waals surface area contributed by atoms with E-state index in [1.54, 1.807) is 6.07 Å². The lowest BCUT2D eigenvalue weighted by Crippen LogP contribution is -2.38. The average Bonchev–Trinajstić information content (AvgIpc) is 2.43. The van der Waals surface area contributed by atoms with Gasteiger partial charge in [0.2, 0.25) is 5.91 Å². The molecule has 0 bridgehead atoms. The molecule has 118 valence electrons. The van der Waals surface area contributed by atoms with E-state index in [1.165, 1.54) is 18.2 Å². The third-order valence-electron chi connectivity index (χ3n) is 3.42. The number of amides is 1. The Morgan fingerprint density at radius 2 is 2.10 bits per heavy atom. The van der Waals surface area contributed by atoms with E-state index in [0.717, 1.165) is 0 Å². The van der Waals surface area contributed by atoms with E-state index in [1.807, 2.05) is 20.8 Å². The Balaban J connectivity index is 2.63. The largest absolute Gasteiger partial charge is 0.435 e. The molecule has 0 fully saturated rings. The fourth-order valence-corrected chi connectivity index (χ4v) is 1.61. The van der Waals surface area contributed by atoms with Gasteiger partial charge in [-0.2, -0.15) is 8.78 Å². The van der Waals surface area contributed by atoms with Gasteiger partial charge in [-0.1, -0.05) is 32.9 Å². The van der Waals surface area contributed by atoms with Gasteiger partial charge in [0.1, 0.15) is 5.75 Å². The number of nitrogens with one attached hydrogen (secondary N) is 1. The van der Waals surface area contributed by atoms with Crippen molar-refractivity contribution in [2.45, 2.75) is 39.9 Å². The number of carbonyl (C=O) groups is 1. The first-order valence-corrected chi connectivity index (χ1v) is 6.77. The number of hydrogen-bond donors (Lipinski definition) is 2. The first kappa shape index (κ1) is 17.4. The Morgan fingerprint density at radius 1 is 1.43 bits per heavy atom. The second kappa shape index (κ2) is 7.36. The Morgan fingerprint density at radius 3 is 2.67 bits per heavy atom. The minimum Gasteiger partial charge on any atom is -0.435 e. The van der Waals surface area contributed by atoms with Crippen LogP contribution >= 0.6 is 0 Å². The molecular weight excluding hydrogens is 280 g/mol. The highest BCUT2D eigenvalue weighted by Gasteiger charge is 2.25. The third kappa shape index (κ3) is 5.30. The molecule has 1 atom stereocenters. The standard InChI is InChI=1S/C15H21F2NO3/c1-4-15(2,3)13(20)18-9-12(19)10-6-5-7-11(8-10)21-14(16)17/h5-8,12,14,19H,4,9H2,1-3H3,(H,18,20). The van der Waals surface area contributed by atoms with Crippen molar-refractivity contribution < 1.29 is 23.4 Å². The molecule has 0 aliphatic heterocycles. The van der Waals surface area contributed by atoms with Crippen molar-refractivity contribution in [1.82, 2.24) is 5.32 Å². The highest BCUT2D eigenvalue weighted by molar-refractivity contribution is 5.81. The lowest BCUT2D eigenvalue weighted by Gasteiger charge is -2.22. The van der Waals surface area contributed by atoms with E-state index in [0.29, 0.717) is 12.0 Å². The van der Waals surface area contributed by atoms with Crippen LogP contribution in [0.3, 0.4) is 0 Å². The Hall–Kier alpha value is -1.69. The fraction of sp³-hybridized carbons (Fsp3) is 0.533. The van der Waals surface area contributed by atoms with Crippen LogP contribution in [0.15, 0.2) is 24.3 Å². The monoisotopic (exact) mass is 301 g/mol. The number of halogens is 2. The van der Waals surface area contributed by atoms with Gasteiger partial charge in [0, 0.05) is 12.0 Å². The Kier molecular flexibility index (Phi) is 6.08. The van der Waals surface area contributed by atoms with Crippen LogP contribution in [-0.2, 0) is 4.79 Å². The van der Waals surface area contributed by atoms with E-state index in [9.17, 15) is 18.7 Å². The van der Waals surface area contributed by atoms with Crippen LogP contribution in [0.4, 0.5) is 8.78 Å². The summed E-state index contributed by atoms with van der Waals surface area (Å²) in [6.45, 7) is 2.63. The van der Waals surface area contributed by atoms with Gasteiger partial charge >= 0.3 is 6.61 Å². The second-order valence-corrected chi connectivity index (χ2v) is 5.41. The number of ether oxygens (including phenoxy) is 1. The summed E-state index contributed by atoms with van der Waals surface area (Å²) in [4.78, 5) is 11.9. The quantitative estimate of drug-likeness (QED) is 0.814. The lowest BCUT2D eigenvalue weighted by atomic mass is 9.89. The summed E-state index contributed by atoms with van der Waals surface area (Å²) in [6.07, 6.45) is -0.310. The summed E-state index contributed by atoms with van der Waals surface area (Å²) in [5.41, 5.74) is -0.108. The normalized spacial score (nSPS) is 13.1. The summed E-state index contributed by atoms with van der Waals surface area (Å²) in [5.74, 6) is -0.189. The summed E-state index contributed by atoms with van der Waals surface area (Å²) >= 11 is 0. The maximum absolute atomic E-state index is 12.1. The van der Waals surface area contributed by atoms with E-state index in [4.69, 9.17) is 0 Å². The highest BCUT2D eigenvalue weighted by atomic mass is 19.3. The van der Waals surface area contributed by atoms with Crippen molar-refractivity contribution in [3.05, 3.63) is 29.8 Å². The first-order chi connectivity index (χ1) is 9.76. The molecule has 1 amide bonds. The van der Waals surface area contributed by atoms with Crippen LogP contribution in [0.5, 0.6) is 5.75 Å². The van der Waals surface area contributed by atoms with Gasteiger partial charge in [-0.05, 0) is 24.1 Å². The molecule has 1 aromatic rings. The molecule has 2 N–H and O–H groups in total. The summed E-state index contributed by atoms with van der Waals surface area (Å²) in [5, 5.41) is 12.7. The van der Waals surface area contributed by atoms with Crippen molar-refractivity contribution in [3.63, 3.8) is 0 Å². The molecule has 0 radical (unpaired) electrons. The molecule has 1 rings (SSSR count). The molecule has 6 heteroatoms. The SMILES string of the molecule is CCC(C)(C)C(=O)NCC(O)c1cccc(OC(F)F)c1. The number of aliphatic hydroxyl groups is 1. The van der Waals surface area contributed by atoms with Crippen LogP contribution in [0, 0.1) is 5.41 Å². The molecule has 0 aliphatic rings. The van der Waals surface area contributed by atoms with Crippen LogP contribution in [0.25, 0.3) is 0 Å². The van der Waals surface area contributed by atoms with Crippen molar-refractivity contribution in [3.8, 4) is 5.75 Å². The Bertz CT molecular complexity index is 478. The van der Waals surface area contributed by atoms with Crippen LogP contribution in [0.1, 0.15) is 38.9 Å². The molecule has 0 heterocycles. The van der Waals surface area contributed by atoms with Gasteiger partial charge in [0.05, 0.1) is 6.10 Å². The van der Waals surface area contributed by atoms with Gasteiger partial charge in [-0.3, -0.25) is 4.79 Å². The van der Waals surface area contributed by atoms with Gasteiger partial charge in [0.15, 0.2) is 0 Å². The van der Waals surface area contributed by atoms with E-state index < -0.39 is 18.1 Å². The van der Waals surface area contributed by atoms with Gasteiger partial charge < -0.3 is 15.2 Å². The average molecular weight is 301 g/mol. The summed E-state index contributed by atoms with van der Waals surface area (Å²) in [6, 6.07) is 5.79. The molecular formula is C15H21F2NO3. The van der Waals surface area contributed by atoms with Crippen molar-refractivity contribution in [2.24, 2.45) is 5.41 Å². The van der Waals surface area contributed by atoms with E-state index in [2.05, 4.69) is 10.1 Å². The highest BCUT2D eigenvalue weighted by Crippen LogP contribution is 2.22. The number of benzene rings is 1. The van der Waals surface area contributed by atoms with Crippen LogP contribution in [-0.4, -0.2) is 24.2 Å². The lowest BCUT2D eigenvalue weighted by molar-refractivity contribution is -0.130. The summed E-state index contributed by atoms with van der Waals surface area (Å²) < 4.78 is 28.5. The van der Waals surface area contributed by atoms with Gasteiger partial charge in [-0.15, -0.1) is 0 Å². The maximum atomic E-state index is 12.1. The van der Waals surface area contributed by atoms with Crippen LogP contribution in [0.2, 0.25) is 0 Å². The number of rotatable bonds is 7. The molecule has 4 nitrogen and oxygen atoms in total. The molecule has 21 heavy (non-hydrogen) atoms. The topological polar surface area (TPSA) is 58.6 Å². The number of aliphatic hydroxyl groups excluding tert-OH is 1. The fourth-order valence-electron chi connectivity index (χ4n) is 1.61. The van der Waals surface area contributed by atoms with Crippen molar-refractivity contribution >= 4 is 5.91 Å². The summed E-state index contributed by atoms with van der Waals surface area (Å²) in [7, 11) is 0. The molecule has 1 aromatic carbocycles. The predicted molar refractivity (Wildman–Crippen MR) is 75.1 cm³/mol. The number of alkyl halides is 2. The zero-order chi connectivity index (χ0) is 16.0. The maximum Gasteiger partial charge on any atom is 0.387 e. The second-order valence-electron chi connectivity index (χ2n) is 5.41. The minimum atomic E-state index is -2.91. The van der Waals surface area contributed by atoms with Gasteiger partial charge in [0.25, 0.3) is 0 Å². The van der Waals surface area contributed by atoms with E-state index in [-0.39, 0.29) is 18.2 Å². The predicted octanol–water partition coefficient (Wildman–Crippen LogP) is 2.87. The molecule has 0 spiro atoms. The van der Waals surface area contributed by atoms with E-state index >= 15 is 0 Å². The zero-order valence-electron chi connectivity index (χ0n) is 12.4. The molecule has 0 saturated heterocycles. The molecule has 1 unspecified atom stereocenters. The molecule has 0 aliphatic carbocycles. The Labute approximate surface area is 123 Å². The van der Waals surface area contributed by atoms with Crippen LogP contribution < -0.4 is 10.1 Å². The molecule has 0 aromatic heterocycles. The van der Waals surface area contributed by atoms with Crippen molar-refractivity contribution in [2.75, 3.05) is 6.54 Å². The smallest absolute Gasteiger partial charge is 0.387 e. The number of hydrogen-bond acceptors (Lipinski definition) is 3.